The highest BCUT2D eigenvalue weighted by atomic mass is 19.4. The number of hydrogen-bond acceptors (Lipinski definition) is 4. The van der Waals surface area contributed by atoms with Crippen LogP contribution < -0.4 is 10.2 Å². The number of halogens is 6. The molecule has 2 atom stereocenters. The van der Waals surface area contributed by atoms with Gasteiger partial charge < -0.3 is 15.1 Å². The van der Waals surface area contributed by atoms with Crippen molar-refractivity contribution in [3.05, 3.63) is 71.3 Å². The number of nitrogens with zero attached hydrogens (tertiary/aromatic N) is 2. The van der Waals surface area contributed by atoms with E-state index in [4.69, 9.17) is 0 Å². The number of alkyl halides is 6. The first-order valence-corrected chi connectivity index (χ1v) is 11.3. The molecular formula is C25H23F6N3O2. The van der Waals surface area contributed by atoms with Crippen molar-refractivity contribution in [2.45, 2.75) is 25.3 Å². The van der Waals surface area contributed by atoms with Gasteiger partial charge in [-0.2, -0.15) is 26.3 Å². The molecule has 0 bridgehead atoms. The first kappa shape index (κ1) is 25.6. The number of rotatable bonds is 4. The number of hydrogen-bond donors (Lipinski definition) is 1. The van der Waals surface area contributed by atoms with E-state index >= 15 is 0 Å². The number of piperazine rings is 1. The molecule has 2 aromatic rings. The van der Waals surface area contributed by atoms with Gasteiger partial charge in [0.1, 0.15) is 0 Å². The van der Waals surface area contributed by atoms with Gasteiger partial charge in [-0.15, -0.1) is 0 Å². The van der Waals surface area contributed by atoms with Crippen LogP contribution in [0, 0.1) is 5.92 Å². The predicted octanol–water partition coefficient (Wildman–Crippen LogP) is 4.59. The second-order valence-electron chi connectivity index (χ2n) is 8.81. The van der Waals surface area contributed by atoms with E-state index in [1.807, 2.05) is 30.3 Å². The Labute approximate surface area is 203 Å². The van der Waals surface area contributed by atoms with E-state index in [2.05, 4.69) is 5.32 Å². The van der Waals surface area contributed by atoms with Gasteiger partial charge in [-0.05, 0) is 36.8 Å². The van der Waals surface area contributed by atoms with E-state index in [0.717, 1.165) is 11.3 Å². The zero-order valence-electron chi connectivity index (χ0n) is 19.2. The number of carbonyl (C=O) groups excluding carboxylic acids is 2. The molecule has 1 amide bonds. The van der Waals surface area contributed by atoms with Crippen molar-refractivity contribution in [1.29, 1.82) is 0 Å². The summed E-state index contributed by atoms with van der Waals surface area (Å²) in [4.78, 5) is 28.5. The number of amides is 1. The van der Waals surface area contributed by atoms with Crippen molar-refractivity contribution in [2.75, 3.05) is 31.1 Å². The Hall–Kier alpha value is -3.50. The average Bonchev–Trinajstić information content (AvgIpc) is 3.24. The van der Waals surface area contributed by atoms with Crippen LogP contribution in [0.25, 0.3) is 5.70 Å². The van der Waals surface area contributed by atoms with E-state index < -0.39 is 41.1 Å². The minimum Gasteiger partial charge on any atom is -0.381 e. The molecule has 11 heteroatoms. The first-order chi connectivity index (χ1) is 16.8. The van der Waals surface area contributed by atoms with Gasteiger partial charge in [0, 0.05) is 43.6 Å². The van der Waals surface area contributed by atoms with Crippen LogP contribution in [0.15, 0.2) is 54.6 Å². The number of anilines is 1. The van der Waals surface area contributed by atoms with Crippen molar-refractivity contribution in [1.82, 2.24) is 10.2 Å². The summed E-state index contributed by atoms with van der Waals surface area (Å²) >= 11 is 0. The van der Waals surface area contributed by atoms with Crippen LogP contribution in [0.4, 0.5) is 32.0 Å². The Bertz CT molecular complexity index is 1140. The van der Waals surface area contributed by atoms with Gasteiger partial charge in [0.05, 0.1) is 17.0 Å². The minimum atomic E-state index is -4.95. The van der Waals surface area contributed by atoms with E-state index in [9.17, 15) is 35.9 Å². The van der Waals surface area contributed by atoms with Gasteiger partial charge in [-0.25, -0.2) is 0 Å². The summed E-state index contributed by atoms with van der Waals surface area (Å²) in [5, 5.41) is 3.20. The van der Waals surface area contributed by atoms with Crippen LogP contribution in [-0.2, 0) is 21.9 Å². The normalized spacial score (nSPS) is 20.7. The Balaban J connectivity index is 1.45. The fourth-order valence-corrected chi connectivity index (χ4v) is 4.39. The second kappa shape index (κ2) is 9.51. The van der Waals surface area contributed by atoms with E-state index in [1.54, 1.807) is 13.0 Å². The highest BCUT2D eigenvalue weighted by Crippen LogP contribution is 2.38. The molecule has 5 nitrogen and oxygen atoms in total. The van der Waals surface area contributed by atoms with E-state index in [0.29, 0.717) is 12.1 Å². The number of carbonyl (C=O) groups is 2. The summed E-state index contributed by atoms with van der Waals surface area (Å²) in [5.41, 5.74) is -1.42. The van der Waals surface area contributed by atoms with Crippen LogP contribution in [0.1, 0.15) is 23.6 Å². The largest absolute Gasteiger partial charge is 0.416 e. The third-order valence-corrected chi connectivity index (χ3v) is 6.37. The highest BCUT2D eigenvalue weighted by Gasteiger charge is 2.39. The standard InChI is InChI=1S/C25H23F6N3O2/c1-15-20(14-21(32-15)16-5-3-2-4-6-16)22(35)23(36)34-9-7-33(8-10-34)19-12-17(24(26,27)28)11-18(13-19)25(29,30)31/h2-6,11-15,20,32H,7-10H2,1H3. The molecule has 1 N–H and O–H groups in total. The smallest absolute Gasteiger partial charge is 0.381 e. The van der Waals surface area contributed by atoms with Crippen LogP contribution >= 0.6 is 0 Å². The lowest BCUT2D eigenvalue weighted by Gasteiger charge is -2.36. The molecule has 0 aliphatic carbocycles. The molecular weight excluding hydrogens is 488 g/mol. The molecule has 192 valence electrons. The second-order valence-corrected chi connectivity index (χ2v) is 8.81. The Morgan fingerprint density at radius 3 is 1.94 bits per heavy atom. The Morgan fingerprint density at radius 2 is 1.42 bits per heavy atom. The van der Waals surface area contributed by atoms with Gasteiger partial charge in [0.15, 0.2) is 0 Å². The summed E-state index contributed by atoms with van der Waals surface area (Å²) in [6.07, 6.45) is -8.19. The third-order valence-electron chi connectivity index (χ3n) is 6.37. The van der Waals surface area contributed by atoms with Crippen LogP contribution in [0.2, 0.25) is 0 Å². The number of nitrogens with one attached hydrogen (secondary N) is 1. The highest BCUT2D eigenvalue weighted by molar-refractivity contribution is 6.37. The molecule has 0 radical (unpaired) electrons. The molecule has 1 saturated heterocycles. The number of ketones is 1. The SMILES string of the molecule is CC1NC(c2ccccc2)=CC1C(=O)C(=O)N1CCN(c2cc(C(F)(F)F)cc(C(F)(F)F)c2)CC1. The lowest BCUT2D eigenvalue weighted by atomic mass is 9.97. The van der Waals surface area contributed by atoms with Crippen molar-refractivity contribution in [3.8, 4) is 0 Å². The fourth-order valence-electron chi connectivity index (χ4n) is 4.39. The zero-order valence-corrected chi connectivity index (χ0v) is 19.2. The van der Waals surface area contributed by atoms with Crippen molar-refractivity contribution in [3.63, 3.8) is 0 Å². The maximum absolute atomic E-state index is 13.2. The molecule has 1 fully saturated rings. The number of benzene rings is 2. The summed E-state index contributed by atoms with van der Waals surface area (Å²) in [7, 11) is 0. The fraction of sp³-hybridized carbons (Fsp3) is 0.360. The average molecular weight is 511 g/mol. The summed E-state index contributed by atoms with van der Waals surface area (Å²) in [5.74, 6) is -2.03. The lowest BCUT2D eigenvalue weighted by molar-refractivity contribution is -0.146. The van der Waals surface area contributed by atoms with E-state index in [1.165, 1.54) is 9.80 Å². The van der Waals surface area contributed by atoms with Gasteiger partial charge >= 0.3 is 12.4 Å². The first-order valence-electron chi connectivity index (χ1n) is 11.3. The summed E-state index contributed by atoms with van der Waals surface area (Å²) in [6.45, 7) is 1.74. The van der Waals surface area contributed by atoms with Gasteiger partial charge in [-0.3, -0.25) is 9.59 Å². The molecule has 2 aromatic carbocycles. The monoisotopic (exact) mass is 511 g/mol. The maximum Gasteiger partial charge on any atom is 0.416 e. The molecule has 0 aromatic heterocycles. The van der Waals surface area contributed by atoms with Crippen LogP contribution in [0.3, 0.4) is 0 Å². The molecule has 36 heavy (non-hydrogen) atoms. The maximum atomic E-state index is 13.2. The molecule has 0 spiro atoms. The lowest BCUT2D eigenvalue weighted by Crippen LogP contribution is -2.52. The zero-order chi connectivity index (χ0) is 26.3. The van der Waals surface area contributed by atoms with Gasteiger partial charge in [-0.1, -0.05) is 30.3 Å². The molecule has 0 saturated carbocycles. The van der Waals surface area contributed by atoms with Crippen molar-refractivity contribution in [2.24, 2.45) is 5.92 Å². The molecule has 2 aliphatic heterocycles. The van der Waals surface area contributed by atoms with Crippen molar-refractivity contribution >= 4 is 23.1 Å². The van der Waals surface area contributed by atoms with Gasteiger partial charge in [0.25, 0.3) is 5.91 Å². The topological polar surface area (TPSA) is 52.7 Å². The molecule has 2 heterocycles. The number of Topliss-reactive ketones (excluding diaryl/α,β-unsaturated/α-hetero) is 1. The van der Waals surface area contributed by atoms with Crippen LogP contribution in [0.5, 0.6) is 0 Å². The molecule has 2 aliphatic rings. The Kier molecular flexibility index (Phi) is 6.76. The quantitative estimate of drug-likeness (QED) is 0.482. The summed E-state index contributed by atoms with van der Waals surface area (Å²) in [6, 6.07) is 10.4. The molecule has 2 unspecified atom stereocenters. The van der Waals surface area contributed by atoms with Crippen molar-refractivity contribution < 1.29 is 35.9 Å². The molecule has 4 rings (SSSR count). The predicted molar refractivity (Wildman–Crippen MR) is 121 cm³/mol. The minimum absolute atomic E-state index is 0.00798. The summed E-state index contributed by atoms with van der Waals surface area (Å²) < 4.78 is 79.1. The third kappa shape index (κ3) is 5.34. The van der Waals surface area contributed by atoms with Crippen LogP contribution in [-0.4, -0.2) is 48.8 Å². The van der Waals surface area contributed by atoms with Gasteiger partial charge in [0.2, 0.25) is 5.78 Å². The Morgan fingerprint density at radius 1 is 0.861 bits per heavy atom. The van der Waals surface area contributed by atoms with E-state index in [-0.39, 0.29) is 44.0 Å².